The lowest BCUT2D eigenvalue weighted by Crippen LogP contribution is -2.30. The van der Waals surface area contributed by atoms with Crippen LogP contribution in [0.25, 0.3) is 11.3 Å². The lowest BCUT2D eigenvalue weighted by atomic mass is 10.2. The molecule has 0 fully saturated rings. The summed E-state index contributed by atoms with van der Waals surface area (Å²) in [5.74, 6) is 0. The highest BCUT2D eigenvalue weighted by atomic mass is 32.2. The summed E-state index contributed by atoms with van der Waals surface area (Å²) in [5.41, 5.74) is 6.50. The van der Waals surface area contributed by atoms with Crippen molar-refractivity contribution in [2.24, 2.45) is 5.10 Å². The summed E-state index contributed by atoms with van der Waals surface area (Å²) in [6, 6.07) is 14.9. The maximum absolute atomic E-state index is 12.8. The molecule has 1 N–H and O–H groups in total. The number of benzene rings is 2. The van der Waals surface area contributed by atoms with Gasteiger partial charge in [0.1, 0.15) is 0 Å². The molecule has 3 aromatic rings. The van der Waals surface area contributed by atoms with Crippen molar-refractivity contribution in [3.63, 3.8) is 0 Å². The Morgan fingerprint density at radius 3 is 2.45 bits per heavy atom. The van der Waals surface area contributed by atoms with Gasteiger partial charge < -0.3 is 4.90 Å². The minimum Gasteiger partial charge on any atom is -0.378 e. The molecule has 0 saturated heterocycles. The molecular formula is C22H27N5O2S2. The molecular weight excluding hydrogens is 430 g/mol. The predicted molar refractivity (Wildman–Crippen MR) is 130 cm³/mol. The second kappa shape index (κ2) is 10.0. The third-order valence-electron chi connectivity index (χ3n) is 4.76. The predicted octanol–water partition coefficient (Wildman–Crippen LogP) is 4.35. The molecule has 0 aliphatic rings. The summed E-state index contributed by atoms with van der Waals surface area (Å²) in [5, 5.41) is 6.77. The lowest BCUT2D eigenvalue weighted by Gasteiger charge is -2.18. The highest BCUT2D eigenvalue weighted by Gasteiger charge is 2.22. The first-order valence-corrected chi connectivity index (χ1v) is 12.3. The van der Waals surface area contributed by atoms with E-state index in [4.69, 9.17) is 0 Å². The number of hydrazone groups is 1. The van der Waals surface area contributed by atoms with Crippen LogP contribution in [-0.4, -0.2) is 51.1 Å². The van der Waals surface area contributed by atoms with Gasteiger partial charge in [0, 0.05) is 43.8 Å². The Morgan fingerprint density at radius 1 is 1.10 bits per heavy atom. The Morgan fingerprint density at radius 2 is 1.81 bits per heavy atom. The molecule has 0 unspecified atom stereocenters. The average Bonchev–Trinajstić information content (AvgIpc) is 3.24. The molecule has 1 aromatic heterocycles. The molecule has 164 valence electrons. The molecule has 31 heavy (non-hydrogen) atoms. The number of anilines is 2. The molecule has 2 aromatic carbocycles. The molecule has 7 nitrogen and oxygen atoms in total. The number of thiazole rings is 1. The summed E-state index contributed by atoms with van der Waals surface area (Å²) in [7, 11) is 0.487. The van der Waals surface area contributed by atoms with Gasteiger partial charge in [-0.05, 0) is 29.8 Å². The normalized spacial score (nSPS) is 11.9. The first kappa shape index (κ1) is 22.9. The summed E-state index contributed by atoms with van der Waals surface area (Å²) in [6.07, 6.45) is 1.73. The number of sulfonamides is 1. The van der Waals surface area contributed by atoms with Crippen LogP contribution in [0.5, 0.6) is 0 Å². The fourth-order valence-corrected chi connectivity index (χ4v) is 5.18. The summed E-state index contributed by atoms with van der Waals surface area (Å²) >= 11 is 1.41. The molecule has 0 amide bonds. The summed E-state index contributed by atoms with van der Waals surface area (Å²) in [4.78, 5) is 6.85. The van der Waals surface area contributed by atoms with Gasteiger partial charge in [-0.2, -0.15) is 9.41 Å². The smallest absolute Gasteiger partial charge is 0.243 e. The van der Waals surface area contributed by atoms with Crippen LogP contribution >= 0.6 is 11.3 Å². The van der Waals surface area contributed by atoms with E-state index in [2.05, 4.69) is 15.5 Å². The summed E-state index contributed by atoms with van der Waals surface area (Å²) in [6.45, 7) is 4.54. The van der Waals surface area contributed by atoms with Crippen LogP contribution in [0.1, 0.15) is 19.4 Å². The highest BCUT2D eigenvalue weighted by molar-refractivity contribution is 7.89. The Labute approximate surface area is 188 Å². The molecule has 3 rings (SSSR count). The Kier molecular flexibility index (Phi) is 7.42. The molecule has 0 atom stereocenters. The fraction of sp³-hybridized carbons (Fsp3) is 0.273. The third-order valence-corrected chi connectivity index (χ3v) is 7.55. The molecule has 9 heteroatoms. The summed E-state index contributed by atoms with van der Waals surface area (Å²) < 4.78 is 27.0. The van der Waals surface area contributed by atoms with Gasteiger partial charge in [0.15, 0.2) is 0 Å². The minimum absolute atomic E-state index is 0.274. The van der Waals surface area contributed by atoms with Crippen LogP contribution in [-0.2, 0) is 10.0 Å². The molecule has 0 radical (unpaired) electrons. The number of aromatic nitrogens is 1. The monoisotopic (exact) mass is 457 g/mol. The van der Waals surface area contributed by atoms with Crippen molar-refractivity contribution in [2.75, 3.05) is 37.5 Å². The van der Waals surface area contributed by atoms with Crippen molar-refractivity contribution in [3.05, 3.63) is 59.5 Å². The average molecular weight is 458 g/mol. The first-order chi connectivity index (χ1) is 14.8. The number of hydrogen-bond acceptors (Lipinski definition) is 7. The zero-order chi connectivity index (χ0) is 22.4. The quantitative estimate of drug-likeness (QED) is 0.382. The molecule has 0 bridgehead atoms. The van der Waals surface area contributed by atoms with E-state index in [9.17, 15) is 8.42 Å². The van der Waals surface area contributed by atoms with E-state index >= 15 is 0 Å². The van der Waals surface area contributed by atoms with E-state index in [-0.39, 0.29) is 4.90 Å². The van der Waals surface area contributed by atoms with Crippen LogP contribution in [0.15, 0.2) is 63.9 Å². The topological polar surface area (TPSA) is 77.9 Å². The molecule has 0 spiro atoms. The standard InChI is InChI=1S/C22H27N5O2S2/c1-5-27(6-2)31(28,29)20-9-7-8-18(14-20)21-16-30-22(24-21)25-23-15-17-10-12-19(13-11-17)26(3)4/h7-16H,5-6H2,1-4H3,(H,24,25)/b23-15+. The number of nitrogens with one attached hydrogen (secondary N) is 1. The van der Waals surface area contributed by atoms with Gasteiger partial charge in [0.05, 0.1) is 16.8 Å². The van der Waals surface area contributed by atoms with Gasteiger partial charge in [-0.1, -0.05) is 38.1 Å². The zero-order valence-corrected chi connectivity index (χ0v) is 19.7. The SMILES string of the molecule is CCN(CC)S(=O)(=O)c1cccc(-c2csc(N/N=C/c3ccc(N(C)C)cc3)n2)c1. The molecule has 1 heterocycles. The Bertz CT molecular complexity index is 1130. The van der Waals surface area contributed by atoms with Crippen molar-refractivity contribution in [2.45, 2.75) is 18.7 Å². The van der Waals surface area contributed by atoms with Crippen LogP contribution in [0.4, 0.5) is 10.8 Å². The highest BCUT2D eigenvalue weighted by Crippen LogP contribution is 2.27. The lowest BCUT2D eigenvalue weighted by molar-refractivity contribution is 0.445. The van der Waals surface area contributed by atoms with Gasteiger partial charge >= 0.3 is 0 Å². The van der Waals surface area contributed by atoms with Crippen molar-refractivity contribution in [1.29, 1.82) is 0 Å². The van der Waals surface area contributed by atoms with E-state index in [1.807, 2.05) is 68.6 Å². The van der Waals surface area contributed by atoms with E-state index in [1.54, 1.807) is 24.4 Å². The Balaban J connectivity index is 1.72. The van der Waals surface area contributed by atoms with Crippen LogP contribution in [0.3, 0.4) is 0 Å². The maximum Gasteiger partial charge on any atom is 0.243 e. The fourth-order valence-electron chi connectivity index (χ4n) is 3.01. The van der Waals surface area contributed by atoms with Gasteiger partial charge in [0.2, 0.25) is 15.2 Å². The molecule has 0 saturated carbocycles. The van der Waals surface area contributed by atoms with Gasteiger partial charge in [-0.25, -0.2) is 13.4 Å². The van der Waals surface area contributed by atoms with Crippen LogP contribution < -0.4 is 10.3 Å². The van der Waals surface area contributed by atoms with Crippen LogP contribution in [0.2, 0.25) is 0 Å². The number of rotatable bonds is 9. The second-order valence-corrected chi connectivity index (χ2v) is 9.81. The van der Waals surface area contributed by atoms with E-state index in [0.717, 1.165) is 16.8 Å². The number of hydrogen-bond donors (Lipinski definition) is 1. The van der Waals surface area contributed by atoms with Crippen molar-refractivity contribution < 1.29 is 8.42 Å². The van der Waals surface area contributed by atoms with Crippen molar-refractivity contribution in [3.8, 4) is 11.3 Å². The molecule has 0 aliphatic heterocycles. The van der Waals surface area contributed by atoms with Crippen molar-refractivity contribution in [1.82, 2.24) is 9.29 Å². The largest absolute Gasteiger partial charge is 0.378 e. The minimum atomic E-state index is -3.51. The molecule has 0 aliphatic carbocycles. The zero-order valence-electron chi connectivity index (χ0n) is 18.1. The Hall–Kier alpha value is -2.75. The van der Waals surface area contributed by atoms with Gasteiger partial charge in [0.25, 0.3) is 0 Å². The maximum atomic E-state index is 12.8. The first-order valence-electron chi connectivity index (χ1n) is 9.97. The number of nitrogens with zero attached hydrogens (tertiary/aromatic N) is 4. The van der Waals surface area contributed by atoms with Gasteiger partial charge in [-0.3, -0.25) is 5.43 Å². The van der Waals surface area contributed by atoms with E-state index in [1.165, 1.54) is 15.6 Å². The third kappa shape index (κ3) is 5.49. The van der Waals surface area contributed by atoms with Gasteiger partial charge in [-0.15, -0.1) is 11.3 Å². The van der Waals surface area contributed by atoms with Crippen molar-refractivity contribution >= 4 is 38.4 Å². The second-order valence-electron chi connectivity index (χ2n) is 7.01. The van der Waals surface area contributed by atoms with E-state index < -0.39 is 10.0 Å². The van der Waals surface area contributed by atoms with E-state index in [0.29, 0.717) is 23.9 Å². The van der Waals surface area contributed by atoms with Crippen LogP contribution in [0, 0.1) is 0 Å².